The first-order valence-corrected chi connectivity index (χ1v) is 10.5. The molecule has 1 saturated heterocycles. The third-order valence-corrected chi connectivity index (χ3v) is 6.09. The van der Waals surface area contributed by atoms with Gasteiger partial charge in [-0.1, -0.05) is 6.08 Å². The van der Waals surface area contributed by atoms with Crippen LogP contribution in [0.15, 0.2) is 53.2 Å². The van der Waals surface area contributed by atoms with Gasteiger partial charge in [0.05, 0.1) is 36.1 Å². The first kappa shape index (κ1) is 20.0. The van der Waals surface area contributed by atoms with E-state index in [1.165, 1.54) is 12.8 Å². The molecule has 0 radical (unpaired) electrons. The predicted octanol–water partition coefficient (Wildman–Crippen LogP) is 1.66. The molecule has 1 atom stereocenters. The van der Waals surface area contributed by atoms with Crippen molar-refractivity contribution < 1.29 is 9.53 Å². The number of piperazine rings is 1. The minimum atomic E-state index is -0.259. The molecule has 3 aromatic rings. The summed E-state index contributed by atoms with van der Waals surface area (Å²) in [6.07, 6.45) is 6.85. The number of anilines is 1. The second kappa shape index (κ2) is 7.99. The van der Waals surface area contributed by atoms with E-state index in [9.17, 15) is 9.59 Å². The minimum Gasteiger partial charge on any atom is -0.491 e. The second-order valence-electron chi connectivity index (χ2n) is 7.92. The molecule has 0 spiro atoms. The van der Waals surface area contributed by atoms with Crippen molar-refractivity contribution in [3.8, 4) is 5.75 Å². The Morgan fingerprint density at radius 2 is 2.12 bits per heavy atom. The smallest absolute Gasteiger partial charge is 0.290 e. The number of carbonyl (C=O) groups is 1. The number of aromatic amines is 1. The van der Waals surface area contributed by atoms with E-state index >= 15 is 0 Å². The molecule has 1 amide bonds. The number of carbonyl (C=O) groups excluding carboxylic acids is 1. The number of amides is 1. The van der Waals surface area contributed by atoms with Gasteiger partial charge >= 0.3 is 0 Å². The molecule has 1 unspecified atom stereocenters. The second-order valence-corrected chi connectivity index (χ2v) is 7.92. The molecule has 0 aromatic carbocycles. The quantitative estimate of drug-likeness (QED) is 0.632. The summed E-state index contributed by atoms with van der Waals surface area (Å²) in [6, 6.07) is 7.66. The molecule has 9 nitrogen and oxygen atoms in total. The van der Waals surface area contributed by atoms with Crippen LogP contribution in [-0.2, 0) is 6.54 Å². The highest BCUT2D eigenvalue weighted by Gasteiger charge is 2.36. The van der Waals surface area contributed by atoms with Crippen LogP contribution in [0.3, 0.4) is 0 Å². The molecule has 1 aliphatic carbocycles. The minimum absolute atomic E-state index is 0.186. The Morgan fingerprint density at radius 1 is 1.25 bits per heavy atom. The van der Waals surface area contributed by atoms with E-state index in [-0.39, 0.29) is 17.2 Å². The van der Waals surface area contributed by atoms with E-state index in [0.717, 1.165) is 37.3 Å². The lowest BCUT2D eigenvalue weighted by atomic mass is 9.92. The van der Waals surface area contributed by atoms with E-state index in [1.54, 1.807) is 25.4 Å². The van der Waals surface area contributed by atoms with Crippen LogP contribution in [0.2, 0.25) is 0 Å². The van der Waals surface area contributed by atoms with Crippen LogP contribution < -0.4 is 20.5 Å². The predicted molar refractivity (Wildman–Crippen MR) is 121 cm³/mol. The van der Waals surface area contributed by atoms with Crippen molar-refractivity contribution >= 4 is 22.6 Å². The van der Waals surface area contributed by atoms with Gasteiger partial charge in [0.2, 0.25) is 0 Å². The molecular formula is C23H24N6O3. The molecule has 1 fully saturated rings. The van der Waals surface area contributed by atoms with Crippen molar-refractivity contribution in [2.45, 2.75) is 19.0 Å². The summed E-state index contributed by atoms with van der Waals surface area (Å²) in [5.41, 5.74) is 4.90. The third kappa shape index (κ3) is 3.45. The summed E-state index contributed by atoms with van der Waals surface area (Å²) in [4.78, 5) is 40.2. The molecule has 3 aromatic heterocycles. The number of methoxy groups -OCH3 is 1. The Bertz CT molecular complexity index is 1270. The van der Waals surface area contributed by atoms with Gasteiger partial charge in [0.25, 0.3) is 11.5 Å². The number of nitrogens with one attached hydrogen (secondary N) is 2. The van der Waals surface area contributed by atoms with E-state index < -0.39 is 0 Å². The van der Waals surface area contributed by atoms with Gasteiger partial charge in [0.1, 0.15) is 5.69 Å². The van der Waals surface area contributed by atoms with Crippen molar-refractivity contribution in [3.05, 3.63) is 70.0 Å². The zero-order valence-electron chi connectivity index (χ0n) is 18.0. The Hall–Kier alpha value is -3.88. The standard InChI is InChI=1S/C23H24N6O3/c1-24-22(30)16-4-3-15(12-26-16)29-8-7-28(19-5-6-20(19)29)13-14-9-18-17(25-11-14)10-21(32-2)23(31)27-18/h3-5,9-12,20H,6-8,13H2,1-2H3,(H,24,30)(H,27,31). The number of rotatable bonds is 5. The molecule has 1 aliphatic heterocycles. The van der Waals surface area contributed by atoms with Crippen LogP contribution in [0.25, 0.3) is 11.0 Å². The van der Waals surface area contributed by atoms with Gasteiger partial charge in [-0.15, -0.1) is 0 Å². The number of ether oxygens (including phenoxy) is 1. The van der Waals surface area contributed by atoms with Crippen LogP contribution in [0.5, 0.6) is 5.75 Å². The number of H-pyrrole nitrogens is 1. The maximum absolute atomic E-state index is 12.1. The van der Waals surface area contributed by atoms with Crippen LogP contribution >= 0.6 is 0 Å². The lowest BCUT2D eigenvalue weighted by Gasteiger charge is -2.49. The maximum Gasteiger partial charge on any atom is 0.290 e. The fourth-order valence-corrected chi connectivity index (χ4v) is 4.33. The topological polar surface area (TPSA) is 103 Å². The lowest BCUT2D eigenvalue weighted by Crippen LogP contribution is -2.54. The molecule has 9 heteroatoms. The summed E-state index contributed by atoms with van der Waals surface area (Å²) in [5.74, 6) is 0.0727. The Balaban J connectivity index is 1.31. The average molecular weight is 432 g/mol. The highest BCUT2D eigenvalue weighted by molar-refractivity contribution is 5.92. The normalized spacial score (nSPS) is 17.4. The molecule has 32 heavy (non-hydrogen) atoms. The molecule has 0 saturated carbocycles. The van der Waals surface area contributed by atoms with Gasteiger partial charge in [-0.3, -0.25) is 14.6 Å². The molecule has 4 heterocycles. The molecule has 2 N–H and O–H groups in total. The number of pyridine rings is 3. The van der Waals surface area contributed by atoms with Gasteiger partial charge in [0, 0.05) is 44.6 Å². The zero-order chi connectivity index (χ0) is 22.2. The van der Waals surface area contributed by atoms with E-state index in [1.807, 2.05) is 18.3 Å². The Morgan fingerprint density at radius 3 is 2.81 bits per heavy atom. The first-order valence-electron chi connectivity index (χ1n) is 10.5. The number of hydrogen-bond donors (Lipinski definition) is 2. The van der Waals surface area contributed by atoms with Crippen molar-refractivity contribution in [2.75, 3.05) is 32.1 Å². The lowest BCUT2D eigenvalue weighted by molar-refractivity contribution is 0.0958. The zero-order valence-corrected chi connectivity index (χ0v) is 18.0. The van der Waals surface area contributed by atoms with Gasteiger partial charge in [0.15, 0.2) is 5.75 Å². The summed E-state index contributed by atoms with van der Waals surface area (Å²) in [6.45, 7) is 2.44. The van der Waals surface area contributed by atoms with Gasteiger partial charge in [-0.25, -0.2) is 4.98 Å². The average Bonchev–Trinajstić information content (AvgIpc) is 2.79. The molecule has 5 rings (SSSR count). The van der Waals surface area contributed by atoms with E-state index in [2.05, 4.69) is 36.1 Å². The summed E-state index contributed by atoms with van der Waals surface area (Å²) in [5, 5.41) is 2.59. The van der Waals surface area contributed by atoms with E-state index in [0.29, 0.717) is 22.8 Å². The van der Waals surface area contributed by atoms with Crippen molar-refractivity contribution in [1.29, 1.82) is 0 Å². The van der Waals surface area contributed by atoms with E-state index in [4.69, 9.17) is 4.74 Å². The molecule has 2 aliphatic rings. The summed E-state index contributed by atoms with van der Waals surface area (Å²) >= 11 is 0. The number of hydrogen-bond acceptors (Lipinski definition) is 7. The molecule has 164 valence electrons. The van der Waals surface area contributed by atoms with Crippen molar-refractivity contribution in [1.82, 2.24) is 25.2 Å². The number of fused-ring (bicyclic) bond motifs is 2. The largest absolute Gasteiger partial charge is 0.491 e. The fourth-order valence-electron chi connectivity index (χ4n) is 4.33. The summed E-state index contributed by atoms with van der Waals surface area (Å²) < 4.78 is 5.08. The number of nitrogens with zero attached hydrogens (tertiary/aromatic N) is 4. The van der Waals surface area contributed by atoms with Crippen molar-refractivity contribution in [3.63, 3.8) is 0 Å². The van der Waals surface area contributed by atoms with Gasteiger partial charge < -0.3 is 24.8 Å². The Kier molecular flexibility index (Phi) is 5.01. The van der Waals surface area contributed by atoms with Gasteiger partial charge in [-0.2, -0.15) is 0 Å². The molecular weight excluding hydrogens is 408 g/mol. The van der Waals surface area contributed by atoms with Crippen LogP contribution in [0.4, 0.5) is 5.69 Å². The van der Waals surface area contributed by atoms with Crippen LogP contribution in [0, 0.1) is 0 Å². The van der Waals surface area contributed by atoms with Crippen molar-refractivity contribution in [2.24, 2.45) is 0 Å². The Labute approximate surface area is 184 Å². The van der Waals surface area contributed by atoms with Crippen LogP contribution in [0.1, 0.15) is 22.5 Å². The molecule has 0 bridgehead atoms. The third-order valence-electron chi connectivity index (χ3n) is 6.09. The highest BCUT2D eigenvalue weighted by Crippen LogP contribution is 2.35. The first-order chi connectivity index (χ1) is 15.6. The van der Waals surface area contributed by atoms with Crippen LogP contribution in [-0.4, -0.2) is 59.0 Å². The fraction of sp³-hybridized carbons (Fsp3) is 0.304. The maximum atomic E-state index is 12.1. The highest BCUT2D eigenvalue weighted by atomic mass is 16.5. The SMILES string of the molecule is CNC(=O)c1ccc(N2CCN(Cc3cnc4cc(OC)c(=O)[nH]c4c3)C3=CCC32)cn1. The van der Waals surface area contributed by atoms with Gasteiger partial charge in [-0.05, 0) is 30.2 Å². The number of aromatic nitrogens is 3. The monoisotopic (exact) mass is 432 g/mol. The summed E-state index contributed by atoms with van der Waals surface area (Å²) in [7, 11) is 3.07.